The number of rotatable bonds is 2. The molecule has 6 nitrogen and oxygen atoms in total. The summed E-state index contributed by atoms with van der Waals surface area (Å²) in [7, 11) is 0. The first-order chi connectivity index (χ1) is 7.15. The van der Waals surface area contributed by atoms with Gasteiger partial charge in [-0.25, -0.2) is 0 Å². The number of carbonyl (C=O) groups excluding carboxylic acids is 1. The maximum absolute atomic E-state index is 11.5. The van der Waals surface area contributed by atoms with E-state index in [2.05, 4.69) is 15.6 Å². The highest BCUT2D eigenvalue weighted by molar-refractivity contribution is 5.94. The average molecular weight is 209 g/mol. The van der Waals surface area contributed by atoms with E-state index in [1.54, 1.807) is 0 Å². The van der Waals surface area contributed by atoms with Crippen LogP contribution in [0.3, 0.4) is 0 Å². The molecular formula is C9H11N3O3. The van der Waals surface area contributed by atoms with Gasteiger partial charge in [0.1, 0.15) is 0 Å². The van der Waals surface area contributed by atoms with E-state index in [-0.39, 0.29) is 23.4 Å². The van der Waals surface area contributed by atoms with Crippen molar-refractivity contribution in [3.8, 4) is 5.88 Å². The van der Waals surface area contributed by atoms with Crippen LogP contribution in [0.15, 0.2) is 16.9 Å². The highest BCUT2D eigenvalue weighted by atomic mass is 16.3. The molecule has 0 saturated carbocycles. The van der Waals surface area contributed by atoms with Crippen LogP contribution in [0.1, 0.15) is 10.4 Å². The number of aromatic nitrogens is 1. The molecule has 1 aromatic heterocycles. The average Bonchev–Trinajstić information content (AvgIpc) is 2.09. The standard InChI is InChI=1S/C9H11N3O3/c13-7-1-5(2-8(14)12-7)9(15)11-6-3-10-4-6/h1-2,6,10H,3-4H2,(H,11,15)(H2,12,13,14). The molecule has 0 bridgehead atoms. The summed E-state index contributed by atoms with van der Waals surface area (Å²) in [6, 6.07) is 2.49. The molecule has 1 aromatic rings. The predicted octanol–water partition coefficient (Wildman–Crippen LogP) is -1.22. The Hall–Kier alpha value is -1.82. The first-order valence-electron chi connectivity index (χ1n) is 4.60. The van der Waals surface area contributed by atoms with Crippen LogP contribution >= 0.6 is 0 Å². The Morgan fingerprint density at radius 1 is 1.47 bits per heavy atom. The summed E-state index contributed by atoms with van der Waals surface area (Å²) >= 11 is 0. The third-order valence-corrected chi connectivity index (χ3v) is 2.21. The predicted molar refractivity (Wildman–Crippen MR) is 52.9 cm³/mol. The molecule has 80 valence electrons. The Morgan fingerprint density at radius 3 is 2.73 bits per heavy atom. The number of H-pyrrole nitrogens is 1. The van der Waals surface area contributed by atoms with Crippen molar-refractivity contribution in [3.63, 3.8) is 0 Å². The van der Waals surface area contributed by atoms with E-state index in [0.29, 0.717) is 0 Å². The van der Waals surface area contributed by atoms with Crippen LogP contribution in [-0.2, 0) is 0 Å². The molecule has 15 heavy (non-hydrogen) atoms. The Labute approximate surface area is 85.3 Å². The molecule has 0 aliphatic carbocycles. The summed E-state index contributed by atoms with van der Waals surface area (Å²) in [5.74, 6) is -0.651. The highest BCUT2D eigenvalue weighted by Crippen LogP contribution is 2.04. The molecule has 0 spiro atoms. The zero-order chi connectivity index (χ0) is 10.8. The molecule has 1 fully saturated rings. The molecule has 1 aliphatic rings. The topological polar surface area (TPSA) is 94.2 Å². The second-order valence-electron chi connectivity index (χ2n) is 3.45. The third kappa shape index (κ3) is 2.16. The van der Waals surface area contributed by atoms with Crippen LogP contribution in [0.5, 0.6) is 5.88 Å². The lowest BCUT2D eigenvalue weighted by Crippen LogP contribution is -2.57. The monoisotopic (exact) mass is 209 g/mol. The molecule has 1 aliphatic heterocycles. The minimum absolute atomic E-state index is 0.110. The Bertz CT molecular complexity index is 436. The summed E-state index contributed by atoms with van der Waals surface area (Å²) in [5.41, 5.74) is -0.324. The summed E-state index contributed by atoms with van der Waals surface area (Å²) in [5, 5.41) is 14.8. The SMILES string of the molecule is O=C(NC1CNC1)c1cc(O)[nH]c(=O)c1. The Kier molecular flexibility index (Phi) is 2.42. The van der Waals surface area contributed by atoms with Gasteiger partial charge < -0.3 is 15.7 Å². The molecule has 2 heterocycles. The summed E-state index contributed by atoms with van der Waals surface area (Å²) in [4.78, 5) is 24.7. The molecule has 4 N–H and O–H groups in total. The minimum atomic E-state index is -0.494. The summed E-state index contributed by atoms with van der Waals surface area (Å²) < 4.78 is 0. The minimum Gasteiger partial charge on any atom is -0.494 e. The zero-order valence-electron chi connectivity index (χ0n) is 7.91. The molecule has 2 rings (SSSR count). The van der Waals surface area contributed by atoms with Gasteiger partial charge in [-0.3, -0.25) is 14.6 Å². The Balaban J connectivity index is 2.13. The lowest BCUT2D eigenvalue weighted by atomic mass is 10.1. The van der Waals surface area contributed by atoms with Crippen LogP contribution < -0.4 is 16.2 Å². The van der Waals surface area contributed by atoms with Crippen molar-refractivity contribution in [3.05, 3.63) is 28.0 Å². The first kappa shape index (κ1) is 9.72. The van der Waals surface area contributed by atoms with Crippen molar-refractivity contribution in [2.45, 2.75) is 6.04 Å². The zero-order valence-corrected chi connectivity index (χ0v) is 7.91. The van der Waals surface area contributed by atoms with Crippen LogP contribution in [0.25, 0.3) is 0 Å². The second kappa shape index (κ2) is 3.74. The van der Waals surface area contributed by atoms with E-state index in [9.17, 15) is 9.59 Å². The molecule has 0 atom stereocenters. The van der Waals surface area contributed by atoms with Gasteiger partial charge in [0.2, 0.25) is 0 Å². The van der Waals surface area contributed by atoms with Crippen LogP contribution in [0.2, 0.25) is 0 Å². The number of aromatic hydroxyl groups is 1. The normalized spacial score (nSPS) is 15.7. The summed E-state index contributed by atoms with van der Waals surface area (Å²) in [6.07, 6.45) is 0. The van der Waals surface area contributed by atoms with Gasteiger partial charge in [0, 0.05) is 25.2 Å². The van der Waals surface area contributed by atoms with E-state index in [0.717, 1.165) is 19.2 Å². The van der Waals surface area contributed by atoms with Crippen molar-refractivity contribution in [1.29, 1.82) is 0 Å². The van der Waals surface area contributed by atoms with Gasteiger partial charge in [0.25, 0.3) is 11.5 Å². The van der Waals surface area contributed by atoms with Gasteiger partial charge in [0.15, 0.2) is 5.88 Å². The van der Waals surface area contributed by atoms with Crippen molar-refractivity contribution >= 4 is 5.91 Å². The number of amides is 1. The molecule has 1 saturated heterocycles. The smallest absolute Gasteiger partial charge is 0.251 e. The summed E-state index contributed by atoms with van der Waals surface area (Å²) in [6.45, 7) is 1.47. The van der Waals surface area contributed by atoms with E-state index in [1.165, 1.54) is 6.07 Å². The number of carbonyl (C=O) groups is 1. The number of nitrogens with one attached hydrogen (secondary N) is 3. The number of hydrogen-bond donors (Lipinski definition) is 4. The van der Waals surface area contributed by atoms with Crippen LogP contribution in [-0.4, -0.2) is 35.1 Å². The fourth-order valence-corrected chi connectivity index (χ4v) is 1.32. The maximum Gasteiger partial charge on any atom is 0.251 e. The van der Waals surface area contributed by atoms with Gasteiger partial charge in [-0.15, -0.1) is 0 Å². The quantitative estimate of drug-likeness (QED) is 0.491. The molecule has 1 amide bonds. The molecular weight excluding hydrogens is 198 g/mol. The van der Waals surface area contributed by atoms with Gasteiger partial charge in [-0.05, 0) is 0 Å². The molecule has 0 aromatic carbocycles. The molecule has 6 heteroatoms. The second-order valence-corrected chi connectivity index (χ2v) is 3.45. The fourth-order valence-electron chi connectivity index (χ4n) is 1.32. The van der Waals surface area contributed by atoms with Crippen LogP contribution in [0.4, 0.5) is 0 Å². The number of hydrogen-bond acceptors (Lipinski definition) is 4. The lowest BCUT2D eigenvalue weighted by Gasteiger charge is -2.27. The molecule has 0 unspecified atom stereocenters. The number of aromatic amines is 1. The van der Waals surface area contributed by atoms with E-state index >= 15 is 0 Å². The van der Waals surface area contributed by atoms with Crippen molar-refractivity contribution < 1.29 is 9.90 Å². The van der Waals surface area contributed by atoms with E-state index in [1.807, 2.05) is 0 Å². The Morgan fingerprint density at radius 2 is 2.20 bits per heavy atom. The maximum atomic E-state index is 11.5. The third-order valence-electron chi connectivity index (χ3n) is 2.21. The van der Waals surface area contributed by atoms with Crippen molar-refractivity contribution in [1.82, 2.24) is 15.6 Å². The lowest BCUT2D eigenvalue weighted by molar-refractivity contribution is 0.0923. The van der Waals surface area contributed by atoms with Gasteiger partial charge in [-0.2, -0.15) is 0 Å². The van der Waals surface area contributed by atoms with E-state index < -0.39 is 5.56 Å². The van der Waals surface area contributed by atoms with E-state index in [4.69, 9.17) is 5.11 Å². The van der Waals surface area contributed by atoms with Gasteiger partial charge in [-0.1, -0.05) is 0 Å². The van der Waals surface area contributed by atoms with Crippen molar-refractivity contribution in [2.24, 2.45) is 0 Å². The highest BCUT2D eigenvalue weighted by Gasteiger charge is 2.19. The largest absolute Gasteiger partial charge is 0.494 e. The van der Waals surface area contributed by atoms with Crippen molar-refractivity contribution in [2.75, 3.05) is 13.1 Å². The fraction of sp³-hybridized carbons (Fsp3) is 0.333. The van der Waals surface area contributed by atoms with Gasteiger partial charge in [0.05, 0.1) is 11.6 Å². The molecule has 0 radical (unpaired) electrons. The van der Waals surface area contributed by atoms with Crippen LogP contribution in [0, 0.1) is 0 Å². The number of pyridine rings is 1. The first-order valence-corrected chi connectivity index (χ1v) is 4.60. The van der Waals surface area contributed by atoms with Gasteiger partial charge >= 0.3 is 0 Å².